The summed E-state index contributed by atoms with van der Waals surface area (Å²) < 4.78 is 43.4. The molecule has 0 aliphatic carbocycles. The summed E-state index contributed by atoms with van der Waals surface area (Å²) in [5, 5.41) is 0.782. The molecule has 106 valence electrons. The number of amides is 1. The van der Waals surface area contributed by atoms with E-state index < -0.39 is 12.1 Å². The average Bonchev–Trinajstić information content (AvgIpc) is 2.61. The second-order valence-corrected chi connectivity index (χ2v) is 4.83. The first-order chi connectivity index (χ1) is 9.47. The van der Waals surface area contributed by atoms with E-state index in [1.807, 2.05) is 6.07 Å². The number of benzene rings is 1. The van der Waals surface area contributed by atoms with Gasteiger partial charge < -0.3 is 9.32 Å². The summed E-state index contributed by atoms with van der Waals surface area (Å²) in [6.07, 6.45) is -3.82. The molecule has 2 aromatic rings. The standard InChI is InChI=1S/C14H12F3NO2/c15-14(16,17)13(19)18-7-3-6-12-10(8-18)9-4-1-2-5-11(9)20-12/h1-2,4-5H,3,6-8H2. The van der Waals surface area contributed by atoms with Gasteiger partial charge in [0.1, 0.15) is 11.3 Å². The summed E-state index contributed by atoms with van der Waals surface area (Å²) in [5.41, 5.74) is 1.34. The van der Waals surface area contributed by atoms with Crippen molar-refractivity contribution in [2.24, 2.45) is 0 Å². The number of nitrogens with zero attached hydrogens (tertiary/aromatic N) is 1. The Morgan fingerprint density at radius 2 is 2.00 bits per heavy atom. The zero-order valence-corrected chi connectivity index (χ0v) is 10.5. The molecule has 0 saturated heterocycles. The van der Waals surface area contributed by atoms with E-state index >= 15 is 0 Å². The van der Waals surface area contributed by atoms with Crippen molar-refractivity contribution in [3.05, 3.63) is 35.6 Å². The van der Waals surface area contributed by atoms with Gasteiger partial charge in [-0.2, -0.15) is 13.2 Å². The number of fused-ring (bicyclic) bond motifs is 3. The number of carbonyl (C=O) groups is 1. The van der Waals surface area contributed by atoms with E-state index in [-0.39, 0.29) is 13.1 Å². The van der Waals surface area contributed by atoms with Gasteiger partial charge >= 0.3 is 12.1 Å². The summed E-state index contributed by atoms with van der Waals surface area (Å²) in [5.74, 6) is -1.10. The Balaban J connectivity index is 2.00. The van der Waals surface area contributed by atoms with Crippen LogP contribution in [-0.2, 0) is 17.8 Å². The number of rotatable bonds is 0. The number of para-hydroxylation sites is 1. The minimum Gasteiger partial charge on any atom is -0.461 e. The fourth-order valence-corrected chi connectivity index (χ4v) is 2.58. The fraction of sp³-hybridized carbons (Fsp3) is 0.357. The molecule has 0 spiro atoms. The molecule has 2 heterocycles. The van der Waals surface area contributed by atoms with E-state index in [4.69, 9.17) is 4.42 Å². The van der Waals surface area contributed by atoms with Crippen LogP contribution in [0.5, 0.6) is 0 Å². The quantitative estimate of drug-likeness (QED) is 0.743. The fourth-order valence-electron chi connectivity index (χ4n) is 2.58. The van der Waals surface area contributed by atoms with Crippen LogP contribution in [0.4, 0.5) is 13.2 Å². The molecule has 20 heavy (non-hydrogen) atoms. The second kappa shape index (κ2) is 4.54. The van der Waals surface area contributed by atoms with Crippen LogP contribution in [0.2, 0.25) is 0 Å². The lowest BCUT2D eigenvalue weighted by molar-refractivity contribution is -0.186. The topological polar surface area (TPSA) is 33.5 Å². The number of halogens is 3. The highest BCUT2D eigenvalue weighted by molar-refractivity contribution is 5.85. The van der Waals surface area contributed by atoms with Gasteiger partial charge in [-0.05, 0) is 12.5 Å². The molecule has 1 amide bonds. The van der Waals surface area contributed by atoms with Gasteiger partial charge in [0.25, 0.3) is 0 Å². The van der Waals surface area contributed by atoms with E-state index in [0.29, 0.717) is 29.7 Å². The van der Waals surface area contributed by atoms with Gasteiger partial charge in [0.15, 0.2) is 0 Å². The van der Waals surface area contributed by atoms with Gasteiger partial charge in [0, 0.05) is 23.9 Å². The average molecular weight is 283 g/mol. The first-order valence-electron chi connectivity index (χ1n) is 6.32. The summed E-state index contributed by atoms with van der Waals surface area (Å²) in [4.78, 5) is 12.3. The lowest BCUT2D eigenvalue weighted by Gasteiger charge is -2.21. The molecule has 1 aliphatic heterocycles. The maximum atomic E-state index is 12.6. The monoisotopic (exact) mass is 283 g/mol. The number of hydrogen-bond donors (Lipinski definition) is 0. The summed E-state index contributed by atoms with van der Waals surface area (Å²) in [6.45, 7) is 0.0432. The molecule has 1 aliphatic rings. The molecular formula is C14H12F3NO2. The molecule has 0 bridgehead atoms. The van der Waals surface area contributed by atoms with Crippen LogP contribution < -0.4 is 0 Å². The highest BCUT2D eigenvalue weighted by Crippen LogP contribution is 2.31. The Bertz CT molecular complexity index is 660. The molecule has 1 aromatic carbocycles. The lowest BCUT2D eigenvalue weighted by Crippen LogP contribution is -2.40. The SMILES string of the molecule is O=C(N1CCCc2oc3ccccc3c2C1)C(F)(F)F. The predicted octanol–water partition coefficient (Wildman–Crippen LogP) is 3.27. The zero-order chi connectivity index (χ0) is 14.3. The molecule has 3 rings (SSSR count). The predicted molar refractivity (Wildman–Crippen MR) is 66.0 cm³/mol. The summed E-state index contributed by atoms with van der Waals surface area (Å²) in [7, 11) is 0. The molecule has 3 nitrogen and oxygen atoms in total. The van der Waals surface area contributed by atoms with E-state index in [9.17, 15) is 18.0 Å². The second-order valence-electron chi connectivity index (χ2n) is 4.83. The van der Waals surface area contributed by atoms with Crippen molar-refractivity contribution >= 4 is 16.9 Å². The summed E-state index contributed by atoms with van der Waals surface area (Å²) in [6, 6.07) is 7.20. The third kappa shape index (κ3) is 2.15. The zero-order valence-electron chi connectivity index (χ0n) is 10.5. The van der Waals surface area contributed by atoms with Crippen molar-refractivity contribution in [2.75, 3.05) is 6.54 Å². The Labute approximate surface area is 113 Å². The van der Waals surface area contributed by atoms with Crippen molar-refractivity contribution in [2.45, 2.75) is 25.6 Å². The number of furan rings is 1. The number of alkyl halides is 3. The Morgan fingerprint density at radius 3 is 2.75 bits per heavy atom. The van der Waals surface area contributed by atoms with Crippen LogP contribution in [0, 0.1) is 0 Å². The number of carbonyl (C=O) groups excluding carboxylic acids is 1. The van der Waals surface area contributed by atoms with Crippen molar-refractivity contribution < 1.29 is 22.4 Å². The Hall–Kier alpha value is -1.98. The van der Waals surface area contributed by atoms with Gasteiger partial charge in [0.05, 0.1) is 6.54 Å². The van der Waals surface area contributed by atoms with Crippen molar-refractivity contribution in [1.82, 2.24) is 4.90 Å². The van der Waals surface area contributed by atoms with E-state index in [1.165, 1.54) is 0 Å². The largest absolute Gasteiger partial charge is 0.471 e. The van der Waals surface area contributed by atoms with E-state index in [0.717, 1.165) is 10.3 Å². The minimum atomic E-state index is -4.83. The van der Waals surface area contributed by atoms with Crippen LogP contribution in [0.1, 0.15) is 17.7 Å². The van der Waals surface area contributed by atoms with Crippen LogP contribution in [0.15, 0.2) is 28.7 Å². The summed E-state index contributed by atoms with van der Waals surface area (Å²) >= 11 is 0. The van der Waals surface area contributed by atoms with Gasteiger partial charge in [0.2, 0.25) is 0 Å². The van der Waals surface area contributed by atoms with E-state index in [2.05, 4.69) is 0 Å². The van der Waals surface area contributed by atoms with E-state index in [1.54, 1.807) is 18.2 Å². The number of hydrogen-bond acceptors (Lipinski definition) is 2. The lowest BCUT2D eigenvalue weighted by atomic mass is 10.1. The molecule has 0 saturated carbocycles. The van der Waals surface area contributed by atoms with Gasteiger partial charge in [-0.15, -0.1) is 0 Å². The molecule has 1 aromatic heterocycles. The maximum absolute atomic E-state index is 12.6. The van der Waals surface area contributed by atoms with Crippen LogP contribution >= 0.6 is 0 Å². The highest BCUT2D eigenvalue weighted by atomic mass is 19.4. The molecule has 0 fully saturated rings. The third-order valence-electron chi connectivity index (χ3n) is 3.49. The Kier molecular flexibility index (Phi) is 2.96. The smallest absolute Gasteiger partial charge is 0.461 e. The van der Waals surface area contributed by atoms with Crippen LogP contribution in [0.3, 0.4) is 0 Å². The third-order valence-corrected chi connectivity index (χ3v) is 3.49. The molecule has 0 unspecified atom stereocenters. The van der Waals surface area contributed by atoms with Crippen LogP contribution in [0.25, 0.3) is 11.0 Å². The van der Waals surface area contributed by atoms with Crippen molar-refractivity contribution in [1.29, 1.82) is 0 Å². The van der Waals surface area contributed by atoms with Gasteiger partial charge in [-0.1, -0.05) is 18.2 Å². The Morgan fingerprint density at radius 1 is 1.25 bits per heavy atom. The van der Waals surface area contributed by atoms with Gasteiger partial charge in [-0.25, -0.2) is 0 Å². The molecule has 0 N–H and O–H groups in total. The molecule has 6 heteroatoms. The van der Waals surface area contributed by atoms with Gasteiger partial charge in [-0.3, -0.25) is 4.79 Å². The van der Waals surface area contributed by atoms with Crippen molar-refractivity contribution in [3.8, 4) is 0 Å². The first kappa shape index (κ1) is 13.0. The maximum Gasteiger partial charge on any atom is 0.471 e. The van der Waals surface area contributed by atoms with Crippen LogP contribution in [-0.4, -0.2) is 23.5 Å². The molecular weight excluding hydrogens is 271 g/mol. The van der Waals surface area contributed by atoms with Crippen molar-refractivity contribution in [3.63, 3.8) is 0 Å². The number of aryl methyl sites for hydroxylation is 1. The minimum absolute atomic E-state index is 0.0509. The molecule has 0 atom stereocenters. The highest BCUT2D eigenvalue weighted by Gasteiger charge is 2.43. The molecule has 0 radical (unpaired) electrons. The first-order valence-corrected chi connectivity index (χ1v) is 6.32. The normalized spacial score (nSPS) is 16.1.